The first-order valence-corrected chi connectivity index (χ1v) is 20.8. The van der Waals surface area contributed by atoms with Gasteiger partial charge in [0.05, 0.1) is 0 Å². The Kier molecular flexibility index (Phi) is 8.17. The molecule has 0 saturated carbocycles. The van der Waals surface area contributed by atoms with E-state index in [4.69, 9.17) is 9.97 Å². The van der Waals surface area contributed by atoms with E-state index in [1.807, 2.05) is 6.20 Å². The minimum atomic E-state index is 0.806. The Morgan fingerprint density at radius 2 is 0.787 bits per heavy atom. The maximum Gasteiger partial charge on any atom is 0.165 e. The molecule has 0 aliphatic rings. The fourth-order valence-electron chi connectivity index (χ4n) is 9.45. The molecular formula is C58H37N3. The topological polar surface area (TPSA) is 30.7 Å². The highest BCUT2D eigenvalue weighted by molar-refractivity contribution is 6.16. The van der Waals surface area contributed by atoms with Crippen molar-refractivity contribution in [2.45, 2.75) is 0 Å². The molecule has 0 atom stereocenters. The van der Waals surface area contributed by atoms with Crippen LogP contribution in [0, 0.1) is 0 Å². The van der Waals surface area contributed by atoms with Gasteiger partial charge in [0.25, 0.3) is 0 Å². The number of fused-ring (bicyclic) bond motifs is 7. The second-order valence-corrected chi connectivity index (χ2v) is 15.7. The predicted octanol–water partition coefficient (Wildman–Crippen LogP) is 15.4. The highest BCUT2D eigenvalue weighted by Crippen LogP contribution is 2.43. The monoisotopic (exact) mass is 775 g/mol. The van der Waals surface area contributed by atoms with Crippen LogP contribution in [-0.2, 0) is 0 Å². The minimum Gasteiger partial charge on any atom is -0.277 e. The third-order valence-electron chi connectivity index (χ3n) is 12.2. The molecule has 0 fully saturated rings. The van der Waals surface area contributed by atoms with Crippen LogP contribution in [0.5, 0.6) is 0 Å². The lowest BCUT2D eigenvalue weighted by atomic mass is 9.88. The van der Waals surface area contributed by atoms with E-state index in [-0.39, 0.29) is 0 Å². The first-order chi connectivity index (χ1) is 30.3. The Morgan fingerprint density at radius 3 is 1.39 bits per heavy atom. The highest BCUT2D eigenvalue weighted by Gasteiger charge is 2.22. The number of hydrogen-bond donors (Lipinski definition) is 0. The first-order valence-electron chi connectivity index (χ1n) is 20.8. The lowest BCUT2D eigenvalue weighted by molar-refractivity contribution is 1.08. The average molecular weight is 776 g/mol. The van der Waals surface area contributed by atoms with Gasteiger partial charge in [-0.3, -0.25) is 4.57 Å². The van der Waals surface area contributed by atoms with Crippen LogP contribution in [0.4, 0.5) is 0 Å². The van der Waals surface area contributed by atoms with E-state index in [1.54, 1.807) is 0 Å². The van der Waals surface area contributed by atoms with Crippen molar-refractivity contribution >= 4 is 54.3 Å². The summed E-state index contributed by atoms with van der Waals surface area (Å²) < 4.78 is 2.24. The lowest BCUT2D eigenvalue weighted by Crippen LogP contribution is -1.99. The molecule has 2 heterocycles. The SMILES string of the molecule is c1ccc(-c2ccccc2-c2ccnc3c2nc(-c2cc(-c4cc5ccccc5c5ccccc45)cc(-c4cc5ccccc5c5ccccc45)c2)n3-c2ccccc2)cc1. The molecule has 0 unspecified atom stereocenters. The van der Waals surface area contributed by atoms with Gasteiger partial charge in [-0.25, -0.2) is 9.97 Å². The van der Waals surface area contributed by atoms with Gasteiger partial charge in [0.1, 0.15) is 11.3 Å². The number of hydrogen-bond acceptors (Lipinski definition) is 2. The van der Waals surface area contributed by atoms with Gasteiger partial charge in [0.2, 0.25) is 0 Å². The number of aromatic nitrogens is 3. The summed E-state index contributed by atoms with van der Waals surface area (Å²) in [7, 11) is 0. The van der Waals surface area contributed by atoms with Crippen LogP contribution in [0.1, 0.15) is 0 Å². The Labute approximate surface area is 353 Å². The smallest absolute Gasteiger partial charge is 0.165 e. The molecule has 61 heavy (non-hydrogen) atoms. The van der Waals surface area contributed by atoms with Gasteiger partial charge in [-0.15, -0.1) is 0 Å². The molecule has 0 N–H and O–H groups in total. The van der Waals surface area contributed by atoms with E-state index >= 15 is 0 Å². The van der Waals surface area contributed by atoms with Crippen molar-refractivity contribution in [3.05, 3.63) is 225 Å². The molecule has 0 radical (unpaired) electrons. The summed E-state index contributed by atoms with van der Waals surface area (Å²) in [4.78, 5) is 10.8. The van der Waals surface area contributed by atoms with Gasteiger partial charge in [0, 0.05) is 23.0 Å². The van der Waals surface area contributed by atoms with E-state index in [2.05, 4.69) is 223 Å². The van der Waals surface area contributed by atoms with E-state index in [9.17, 15) is 0 Å². The normalized spacial score (nSPS) is 11.6. The van der Waals surface area contributed by atoms with Gasteiger partial charge in [0.15, 0.2) is 5.65 Å². The summed E-state index contributed by atoms with van der Waals surface area (Å²) in [6, 6.07) is 78.7. The molecule has 0 spiro atoms. The zero-order valence-corrected chi connectivity index (χ0v) is 33.2. The van der Waals surface area contributed by atoms with Crippen LogP contribution in [0.25, 0.3) is 116 Å². The van der Waals surface area contributed by atoms with Crippen LogP contribution in [0.15, 0.2) is 225 Å². The van der Waals surface area contributed by atoms with Crippen LogP contribution in [0.2, 0.25) is 0 Å². The van der Waals surface area contributed by atoms with Gasteiger partial charge in [-0.05, 0) is 131 Å². The molecule has 284 valence electrons. The lowest BCUT2D eigenvalue weighted by Gasteiger charge is -2.17. The Balaban J connectivity index is 1.19. The zero-order valence-electron chi connectivity index (χ0n) is 33.2. The molecule has 12 rings (SSSR count). The van der Waals surface area contributed by atoms with Crippen LogP contribution < -0.4 is 0 Å². The van der Waals surface area contributed by atoms with Crippen molar-refractivity contribution in [2.24, 2.45) is 0 Å². The summed E-state index contributed by atoms with van der Waals surface area (Å²) in [6.45, 7) is 0. The quantitative estimate of drug-likeness (QED) is 0.158. The molecule has 0 bridgehead atoms. The van der Waals surface area contributed by atoms with E-state index in [0.29, 0.717) is 0 Å². The molecule has 0 saturated heterocycles. The number of nitrogens with zero attached hydrogens (tertiary/aromatic N) is 3. The Morgan fingerprint density at radius 1 is 0.311 bits per heavy atom. The van der Waals surface area contributed by atoms with Crippen molar-refractivity contribution in [3.63, 3.8) is 0 Å². The Bertz CT molecular complexity index is 3500. The van der Waals surface area contributed by atoms with Crippen LogP contribution in [0.3, 0.4) is 0 Å². The molecular weight excluding hydrogens is 739 g/mol. The number of pyridine rings is 1. The summed E-state index contributed by atoms with van der Waals surface area (Å²) >= 11 is 0. The second kappa shape index (κ2) is 14.3. The van der Waals surface area contributed by atoms with E-state index in [0.717, 1.165) is 61.6 Å². The third kappa shape index (κ3) is 5.82. The summed E-state index contributed by atoms with van der Waals surface area (Å²) in [5.41, 5.74) is 12.7. The van der Waals surface area contributed by atoms with E-state index < -0.39 is 0 Å². The highest BCUT2D eigenvalue weighted by atomic mass is 15.1. The largest absolute Gasteiger partial charge is 0.277 e. The molecule has 3 heteroatoms. The average Bonchev–Trinajstić information content (AvgIpc) is 3.74. The first kappa shape index (κ1) is 34.9. The second-order valence-electron chi connectivity index (χ2n) is 15.7. The van der Waals surface area contributed by atoms with Crippen molar-refractivity contribution < 1.29 is 0 Å². The summed E-state index contributed by atoms with van der Waals surface area (Å²) in [5, 5.41) is 9.82. The minimum absolute atomic E-state index is 0.806. The van der Waals surface area contributed by atoms with Gasteiger partial charge in [-0.1, -0.05) is 170 Å². The van der Waals surface area contributed by atoms with Crippen molar-refractivity contribution in [1.82, 2.24) is 14.5 Å². The van der Waals surface area contributed by atoms with Crippen molar-refractivity contribution in [3.8, 4) is 61.6 Å². The number of benzene rings is 10. The number of rotatable bonds is 6. The van der Waals surface area contributed by atoms with E-state index in [1.165, 1.54) is 54.2 Å². The zero-order chi connectivity index (χ0) is 40.3. The number of para-hydroxylation sites is 1. The molecule has 0 aliphatic carbocycles. The standard InChI is InChI=1S/C58H37N3/c1-3-17-38(18-4-1)45-23-11-12-28-50(45)53-31-32-59-58-56(53)60-57(61(58)44-21-5-2-6-22-44)43-34-41(54-36-39-19-7-9-24-46(39)48-26-13-15-29-51(48)54)33-42(35-43)55-37-40-20-8-10-25-47(40)49-27-14-16-30-52(49)55/h1-37H. The summed E-state index contributed by atoms with van der Waals surface area (Å²) in [5.74, 6) is 0.830. The van der Waals surface area contributed by atoms with Gasteiger partial charge < -0.3 is 0 Å². The fourth-order valence-corrected chi connectivity index (χ4v) is 9.45. The maximum atomic E-state index is 5.66. The third-order valence-corrected chi connectivity index (χ3v) is 12.2. The fraction of sp³-hybridized carbons (Fsp3) is 0. The molecule has 2 aromatic heterocycles. The number of imidazole rings is 1. The van der Waals surface area contributed by atoms with Gasteiger partial charge >= 0.3 is 0 Å². The Hall–Kier alpha value is -8.14. The molecule has 10 aromatic carbocycles. The molecule has 12 aromatic rings. The van der Waals surface area contributed by atoms with Crippen LogP contribution in [-0.4, -0.2) is 14.5 Å². The maximum absolute atomic E-state index is 5.66. The van der Waals surface area contributed by atoms with Crippen molar-refractivity contribution in [2.75, 3.05) is 0 Å². The molecule has 3 nitrogen and oxygen atoms in total. The van der Waals surface area contributed by atoms with Crippen LogP contribution >= 0.6 is 0 Å². The molecule has 0 amide bonds. The van der Waals surface area contributed by atoms with Crippen molar-refractivity contribution in [1.29, 1.82) is 0 Å². The summed E-state index contributed by atoms with van der Waals surface area (Å²) in [6.07, 6.45) is 1.93. The predicted molar refractivity (Wildman–Crippen MR) is 256 cm³/mol. The molecule has 0 aliphatic heterocycles. The van der Waals surface area contributed by atoms with Gasteiger partial charge in [-0.2, -0.15) is 0 Å².